The molecular formula is C22H26N2O3S. The molecule has 28 heavy (non-hydrogen) atoms. The number of ether oxygens (including phenoxy) is 1. The molecule has 1 aliphatic rings. The second-order valence-electron chi connectivity index (χ2n) is 6.80. The molecule has 1 aliphatic heterocycles. The van der Waals surface area contributed by atoms with E-state index in [4.69, 9.17) is 4.74 Å². The van der Waals surface area contributed by atoms with Crippen molar-refractivity contribution >= 4 is 35.0 Å². The fourth-order valence-corrected chi connectivity index (χ4v) is 4.50. The highest BCUT2D eigenvalue weighted by Crippen LogP contribution is 2.47. The van der Waals surface area contributed by atoms with Gasteiger partial charge in [0.2, 0.25) is 5.91 Å². The van der Waals surface area contributed by atoms with E-state index < -0.39 is 0 Å². The molecule has 2 aromatic carbocycles. The van der Waals surface area contributed by atoms with Crippen molar-refractivity contribution in [3.05, 3.63) is 48.5 Å². The lowest BCUT2D eigenvalue weighted by Crippen LogP contribution is -2.38. The van der Waals surface area contributed by atoms with Crippen molar-refractivity contribution in [1.82, 2.24) is 4.90 Å². The summed E-state index contributed by atoms with van der Waals surface area (Å²) in [6.07, 6.45) is 0.384. The van der Waals surface area contributed by atoms with Crippen molar-refractivity contribution in [2.24, 2.45) is 5.92 Å². The molecule has 0 bridgehead atoms. The molecular weight excluding hydrogens is 372 g/mol. The lowest BCUT2D eigenvalue weighted by Gasteiger charge is -2.33. The molecule has 1 amide bonds. The Balaban J connectivity index is 1.73. The number of carbonyl (C=O) groups excluding carboxylic acids is 2. The first-order valence-electron chi connectivity index (χ1n) is 9.54. The summed E-state index contributed by atoms with van der Waals surface area (Å²) in [5.41, 5.74) is 2.26. The van der Waals surface area contributed by atoms with Crippen LogP contribution in [-0.4, -0.2) is 43.5 Å². The Morgan fingerprint density at radius 3 is 2.18 bits per heavy atom. The van der Waals surface area contributed by atoms with Gasteiger partial charge in [0, 0.05) is 35.8 Å². The normalized spacial score (nSPS) is 13.3. The van der Waals surface area contributed by atoms with Gasteiger partial charge in [0.15, 0.2) is 0 Å². The topological polar surface area (TPSA) is 49.9 Å². The quantitative estimate of drug-likeness (QED) is 0.650. The Labute approximate surface area is 170 Å². The van der Waals surface area contributed by atoms with Gasteiger partial charge in [0.1, 0.15) is 0 Å². The maximum atomic E-state index is 12.8. The number of rotatable bonds is 7. The number of hydrogen-bond donors (Lipinski definition) is 0. The number of esters is 1. The lowest BCUT2D eigenvalue weighted by molar-refractivity contribution is -0.146. The summed E-state index contributed by atoms with van der Waals surface area (Å²) in [6, 6.07) is 16.5. The number of carbonyl (C=O) groups is 2. The average molecular weight is 399 g/mol. The lowest BCUT2D eigenvalue weighted by atomic mass is 10.1. The van der Waals surface area contributed by atoms with Gasteiger partial charge in [0.05, 0.1) is 24.4 Å². The van der Waals surface area contributed by atoms with Crippen LogP contribution in [0.5, 0.6) is 0 Å². The molecule has 0 aromatic heterocycles. The molecule has 5 nitrogen and oxygen atoms in total. The van der Waals surface area contributed by atoms with Crippen LogP contribution in [0.25, 0.3) is 0 Å². The maximum Gasteiger partial charge on any atom is 0.310 e. The average Bonchev–Trinajstić information content (AvgIpc) is 2.73. The molecule has 0 radical (unpaired) electrons. The van der Waals surface area contributed by atoms with E-state index in [1.54, 1.807) is 23.6 Å². The van der Waals surface area contributed by atoms with Gasteiger partial charge >= 0.3 is 5.97 Å². The number of para-hydroxylation sites is 2. The van der Waals surface area contributed by atoms with Crippen molar-refractivity contribution in [3.63, 3.8) is 0 Å². The number of methoxy groups -OCH3 is 1. The van der Waals surface area contributed by atoms with E-state index in [1.807, 2.05) is 31.2 Å². The molecule has 2 aromatic rings. The number of anilines is 2. The van der Waals surface area contributed by atoms with Gasteiger partial charge in [-0.1, -0.05) is 43.0 Å². The van der Waals surface area contributed by atoms with E-state index in [2.05, 4.69) is 29.2 Å². The summed E-state index contributed by atoms with van der Waals surface area (Å²) < 4.78 is 4.78. The predicted octanol–water partition coefficient (Wildman–Crippen LogP) is 4.34. The third-order valence-electron chi connectivity index (χ3n) is 4.91. The molecule has 0 N–H and O–H groups in total. The Morgan fingerprint density at radius 2 is 1.64 bits per heavy atom. The van der Waals surface area contributed by atoms with Crippen LogP contribution in [0.15, 0.2) is 58.3 Å². The highest BCUT2D eigenvalue weighted by atomic mass is 32.2. The first-order chi connectivity index (χ1) is 13.5. The summed E-state index contributed by atoms with van der Waals surface area (Å²) in [7, 11) is 1.38. The summed E-state index contributed by atoms with van der Waals surface area (Å²) >= 11 is 1.76. The van der Waals surface area contributed by atoms with Crippen molar-refractivity contribution < 1.29 is 14.3 Å². The zero-order valence-electron chi connectivity index (χ0n) is 16.6. The van der Waals surface area contributed by atoms with Gasteiger partial charge in [-0.15, -0.1) is 0 Å². The molecule has 0 saturated carbocycles. The van der Waals surface area contributed by atoms with Crippen molar-refractivity contribution in [2.75, 3.05) is 31.6 Å². The van der Waals surface area contributed by atoms with Crippen LogP contribution < -0.4 is 4.90 Å². The minimum atomic E-state index is -0.332. The van der Waals surface area contributed by atoms with Gasteiger partial charge < -0.3 is 14.5 Å². The van der Waals surface area contributed by atoms with Crippen molar-refractivity contribution in [1.29, 1.82) is 0 Å². The number of nitrogens with zero attached hydrogens (tertiary/aromatic N) is 2. The van der Waals surface area contributed by atoms with Crippen LogP contribution in [0.3, 0.4) is 0 Å². The molecule has 148 valence electrons. The van der Waals surface area contributed by atoms with Gasteiger partial charge in [-0.3, -0.25) is 9.59 Å². The number of benzene rings is 2. The third-order valence-corrected chi connectivity index (χ3v) is 6.04. The summed E-state index contributed by atoms with van der Waals surface area (Å²) in [5.74, 6) is -0.574. The highest BCUT2D eigenvalue weighted by molar-refractivity contribution is 7.99. The van der Waals surface area contributed by atoms with Crippen LogP contribution >= 0.6 is 11.8 Å². The van der Waals surface area contributed by atoms with Crippen LogP contribution in [0.1, 0.15) is 20.3 Å². The zero-order chi connectivity index (χ0) is 20.1. The van der Waals surface area contributed by atoms with E-state index in [9.17, 15) is 9.59 Å². The number of hydrogen-bond acceptors (Lipinski definition) is 5. The van der Waals surface area contributed by atoms with E-state index in [-0.39, 0.29) is 17.8 Å². The molecule has 1 heterocycles. The van der Waals surface area contributed by atoms with E-state index in [1.165, 1.54) is 16.9 Å². The molecule has 0 fully saturated rings. The zero-order valence-corrected chi connectivity index (χ0v) is 17.4. The number of amides is 1. The van der Waals surface area contributed by atoms with Gasteiger partial charge in [0.25, 0.3) is 0 Å². The van der Waals surface area contributed by atoms with Crippen LogP contribution in [0.4, 0.5) is 11.4 Å². The summed E-state index contributed by atoms with van der Waals surface area (Å²) in [6.45, 7) is 5.27. The Hall–Kier alpha value is -2.47. The second-order valence-corrected chi connectivity index (χ2v) is 7.88. The summed E-state index contributed by atoms with van der Waals surface area (Å²) in [4.78, 5) is 30.9. The van der Waals surface area contributed by atoms with Gasteiger partial charge in [-0.2, -0.15) is 0 Å². The Morgan fingerprint density at radius 1 is 1.07 bits per heavy atom. The van der Waals surface area contributed by atoms with E-state index >= 15 is 0 Å². The molecule has 1 atom stereocenters. The molecule has 3 rings (SSSR count). The maximum absolute atomic E-state index is 12.8. The first-order valence-corrected chi connectivity index (χ1v) is 10.4. The Bertz CT molecular complexity index is 810. The predicted molar refractivity (Wildman–Crippen MR) is 112 cm³/mol. The van der Waals surface area contributed by atoms with E-state index in [0.717, 1.165) is 11.4 Å². The highest BCUT2D eigenvalue weighted by Gasteiger charge is 2.25. The van der Waals surface area contributed by atoms with Crippen molar-refractivity contribution in [3.8, 4) is 0 Å². The molecule has 1 unspecified atom stereocenters. The molecule has 0 spiro atoms. The van der Waals surface area contributed by atoms with Gasteiger partial charge in [-0.05, 0) is 31.2 Å². The van der Waals surface area contributed by atoms with Crippen LogP contribution in [0.2, 0.25) is 0 Å². The standard InChI is InChI=1S/C22H26N2O3S/c1-4-23(15-16(2)22(26)27-3)21(25)13-14-24-17-9-5-7-11-19(17)28-20-12-8-6-10-18(20)24/h5-12,16H,4,13-15H2,1-3H3. The van der Waals surface area contributed by atoms with Crippen LogP contribution in [0, 0.1) is 5.92 Å². The fraction of sp³-hybridized carbons (Fsp3) is 0.364. The van der Waals surface area contributed by atoms with Crippen LogP contribution in [-0.2, 0) is 14.3 Å². The number of fused-ring (bicyclic) bond motifs is 2. The van der Waals surface area contributed by atoms with Crippen molar-refractivity contribution in [2.45, 2.75) is 30.1 Å². The van der Waals surface area contributed by atoms with E-state index in [0.29, 0.717) is 26.1 Å². The largest absolute Gasteiger partial charge is 0.469 e. The second kappa shape index (κ2) is 9.15. The molecule has 0 saturated heterocycles. The molecule has 0 aliphatic carbocycles. The minimum Gasteiger partial charge on any atom is -0.469 e. The van der Waals surface area contributed by atoms with Gasteiger partial charge in [-0.25, -0.2) is 0 Å². The minimum absolute atomic E-state index is 0.0476. The molecule has 6 heteroatoms. The Kier molecular flexibility index (Phi) is 6.62. The monoisotopic (exact) mass is 398 g/mol. The summed E-state index contributed by atoms with van der Waals surface area (Å²) in [5, 5.41) is 0. The third kappa shape index (κ3) is 4.33. The smallest absolute Gasteiger partial charge is 0.310 e. The SMILES string of the molecule is CCN(CC(C)C(=O)OC)C(=O)CCN1c2ccccc2Sc2ccccc21. The fourth-order valence-electron chi connectivity index (χ4n) is 3.40. The first kappa shape index (κ1) is 20.3.